The Bertz CT molecular complexity index is 2440. The van der Waals surface area contributed by atoms with Gasteiger partial charge in [-0.15, -0.1) is 0 Å². The topological polar surface area (TPSA) is 250 Å². The van der Waals surface area contributed by atoms with Gasteiger partial charge >= 0.3 is 16.1 Å². The van der Waals surface area contributed by atoms with Crippen LogP contribution in [0.5, 0.6) is 0 Å². The van der Waals surface area contributed by atoms with Gasteiger partial charge in [0.1, 0.15) is 17.7 Å². The molecule has 0 amide bonds. The Labute approximate surface area is 341 Å². The van der Waals surface area contributed by atoms with Crippen LogP contribution >= 0.6 is 0 Å². The standard InChI is InChI=1S/C38H50N2O14S4/c1-37(2)31-26-29(57(49,50)51)16-19-34(31)40(22-9-4-7-15-36(41)42)35(37)14-6-5-11-23-54-58(52,53)30-17-18-33-32(27-30)38(3,20-8-12-24-55(43,44)45)28-39(33)21-10-13-25-56(46,47)48/h5-6,11,14,16-19,23,26-28H,4,7-10,12-13,15,20-22,24-25H2,1-3H3,(H3-,41,42,43,44,45,46,47,48,49,50,51)/p+1/b6-5+,23-11+,35-14-. The first-order chi connectivity index (χ1) is 26.8. The summed E-state index contributed by atoms with van der Waals surface area (Å²) in [6.07, 6.45) is 12.7. The van der Waals surface area contributed by atoms with Gasteiger partial charge in [-0.2, -0.15) is 33.7 Å². The van der Waals surface area contributed by atoms with Crippen molar-refractivity contribution in [3.63, 3.8) is 0 Å². The van der Waals surface area contributed by atoms with Crippen molar-refractivity contribution in [1.29, 1.82) is 0 Å². The molecule has 0 saturated heterocycles. The van der Waals surface area contributed by atoms with Crippen LogP contribution in [0.25, 0.3) is 0 Å². The van der Waals surface area contributed by atoms with Gasteiger partial charge in [0.2, 0.25) is 5.69 Å². The molecule has 0 radical (unpaired) electrons. The van der Waals surface area contributed by atoms with Crippen LogP contribution in [0.4, 0.5) is 11.4 Å². The molecule has 2 aromatic carbocycles. The van der Waals surface area contributed by atoms with E-state index >= 15 is 0 Å². The Balaban J connectivity index is 1.52. The van der Waals surface area contributed by atoms with Crippen LogP contribution in [0.3, 0.4) is 0 Å². The molecule has 0 spiro atoms. The zero-order chi connectivity index (χ0) is 43.2. The molecule has 4 N–H and O–H groups in total. The van der Waals surface area contributed by atoms with Gasteiger partial charge in [0.25, 0.3) is 30.4 Å². The van der Waals surface area contributed by atoms with Gasteiger partial charge in [0.15, 0.2) is 6.21 Å². The number of hydrogen-bond donors (Lipinski definition) is 4. The number of allylic oxidation sites excluding steroid dienone is 5. The number of fused-ring (bicyclic) bond motifs is 2. The maximum Gasteiger partial charge on any atom is 0.338 e. The normalized spacial score (nSPS) is 18.9. The molecule has 4 rings (SSSR count). The van der Waals surface area contributed by atoms with Crippen LogP contribution in [0.15, 0.2) is 82.5 Å². The SMILES string of the molecule is CC1(CCCCS(=O)(=O)O)C=[N+](CCCCS(=O)(=O)O)c2ccc(S(=O)(=O)O/C=C/C=C/C=C3\N(CCCCCC(=O)O)c4ccc(S(=O)(=O)O)cc4C3(C)C)cc21. The number of nitrogens with zero attached hydrogens (tertiary/aromatic N) is 2. The minimum atomic E-state index is -4.46. The Morgan fingerprint density at radius 3 is 2.03 bits per heavy atom. The van der Waals surface area contributed by atoms with Gasteiger partial charge in [-0.25, -0.2) is 4.58 Å². The Kier molecular flexibility index (Phi) is 15.0. The third-order valence-corrected chi connectivity index (χ3v) is 13.8. The lowest BCUT2D eigenvalue weighted by Gasteiger charge is -2.27. The minimum absolute atomic E-state index is 0.0461. The molecule has 0 bridgehead atoms. The summed E-state index contributed by atoms with van der Waals surface area (Å²) in [6.45, 7) is 6.54. The summed E-state index contributed by atoms with van der Waals surface area (Å²) in [6, 6.07) is 8.86. The maximum atomic E-state index is 13.4. The number of rotatable bonds is 22. The second-order valence-electron chi connectivity index (χ2n) is 15.1. The Morgan fingerprint density at radius 1 is 0.759 bits per heavy atom. The number of benzene rings is 2. The fourth-order valence-corrected chi connectivity index (χ4v) is 9.75. The lowest BCUT2D eigenvalue weighted by atomic mass is 9.80. The van der Waals surface area contributed by atoms with Crippen LogP contribution in [-0.2, 0) is 60.3 Å². The van der Waals surface area contributed by atoms with E-state index in [9.17, 15) is 43.0 Å². The average Bonchev–Trinajstić information content (AvgIpc) is 3.50. The summed E-state index contributed by atoms with van der Waals surface area (Å²) in [5, 5.41) is 8.99. The average molecular weight is 888 g/mol. The zero-order valence-electron chi connectivity index (χ0n) is 32.5. The first-order valence-electron chi connectivity index (χ1n) is 18.6. The predicted octanol–water partition coefficient (Wildman–Crippen LogP) is 5.75. The van der Waals surface area contributed by atoms with Crippen molar-refractivity contribution >= 4 is 64.0 Å². The summed E-state index contributed by atoms with van der Waals surface area (Å²) < 4.78 is 131. The number of carbonyl (C=O) groups is 1. The lowest BCUT2D eigenvalue weighted by Crippen LogP contribution is -2.27. The maximum absolute atomic E-state index is 13.4. The molecule has 2 aromatic rings. The van der Waals surface area contributed by atoms with E-state index in [0.717, 1.165) is 17.6 Å². The van der Waals surface area contributed by atoms with Gasteiger partial charge in [-0.3, -0.25) is 18.5 Å². The number of aliphatic carboxylic acids is 1. The fraction of sp³-hybridized carbons (Fsp3) is 0.474. The van der Waals surface area contributed by atoms with Crippen LogP contribution in [0, 0.1) is 0 Å². The molecule has 58 heavy (non-hydrogen) atoms. The largest absolute Gasteiger partial charge is 0.481 e. The van der Waals surface area contributed by atoms with Gasteiger partial charge in [0, 0.05) is 47.8 Å². The van der Waals surface area contributed by atoms with Gasteiger partial charge < -0.3 is 14.2 Å². The number of carboxylic acid groups (broad SMARTS) is 1. The number of anilines is 1. The van der Waals surface area contributed by atoms with Crippen LogP contribution in [-0.4, -0.2) is 93.8 Å². The van der Waals surface area contributed by atoms with E-state index in [1.54, 1.807) is 30.4 Å². The highest BCUT2D eigenvalue weighted by atomic mass is 32.2. The molecule has 1 unspecified atom stereocenters. The molecule has 2 heterocycles. The van der Waals surface area contributed by atoms with Crippen molar-refractivity contribution in [2.75, 3.05) is 29.5 Å². The van der Waals surface area contributed by atoms with Gasteiger partial charge in [0.05, 0.1) is 21.8 Å². The van der Waals surface area contributed by atoms with E-state index in [1.807, 2.05) is 36.5 Å². The van der Waals surface area contributed by atoms with Crippen LogP contribution in [0.1, 0.15) is 89.7 Å². The molecule has 2 aliphatic heterocycles. The van der Waals surface area contributed by atoms with E-state index in [2.05, 4.69) is 0 Å². The molecule has 320 valence electrons. The summed E-state index contributed by atoms with van der Waals surface area (Å²) >= 11 is 0. The van der Waals surface area contributed by atoms with Crippen LogP contribution in [0.2, 0.25) is 0 Å². The van der Waals surface area contributed by atoms with Gasteiger partial charge in [-0.05, 0) is 87.1 Å². The van der Waals surface area contributed by atoms with Crippen molar-refractivity contribution < 1.29 is 66.0 Å². The first-order valence-corrected chi connectivity index (χ1v) is 24.7. The molecule has 0 fully saturated rings. The van der Waals surface area contributed by atoms with Crippen molar-refractivity contribution in [3.05, 3.63) is 83.8 Å². The minimum Gasteiger partial charge on any atom is -0.481 e. The lowest BCUT2D eigenvalue weighted by molar-refractivity contribution is -0.434. The summed E-state index contributed by atoms with van der Waals surface area (Å²) in [7, 11) is -17.1. The summed E-state index contributed by atoms with van der Waals surface area (Å²) in [5.41, 5.74) is 2.04. The zero-order valence-corrected chi connectivity index (χ0v) is 35.8. The molecule has 1 atom stereocenters. The highest BCUT2D eigenvalue weighted by Crippen LogP contribution is 2.48. The van der Waals surface area contributed by atoms with E-state index in [-0.39, 0.29) is 29.1 Å². The molecular weight excluding hydrogens is 837 g/mol. The number of carboxylic acids is 1. The molecular formula is C38H51N2O14S4+. The number of hydrogen-bond acceptors (Lipinski definition) is 11. The quantitative estimate of drug-likeness (QED) is 0.0275. The van der Waals surface area contributed by atoms with E-state index < -0.39 is 68.8 Å². The number of unbranched alkanes of at least 4 members (excludes halogenated alkanes) is 4. The summed E-state index contributed by atoms with van der Waals surface area (Å²) in [4.78, 5) is 12.6. The van der Waals surface area contributed by atoms with E-state index in [0.29, 0.717) is 68.4 Å². The van der Waals surface area contributed by atoms with Crippen molar-refractivity contribution in [3.8, 4) is 0 Å². The van der Waals surface area contributed by atoms with Gasteiger partial charge in [-0.1, -0.05) is 38.8 Å². The highest BCUT2D eigenvalue weighted by Gasteiger charge is 2.42. The van der Waals surface area contributed by atoms with Crippen molar-refractivity contribution in [2.24, 2.45) is 0 Å². The third-order valence-electron chi connectivity index (χ3n) is 10.2. The van der Waals surface area contributed by atoms with E-state index in [4.69, 9.17) is 18.4 Å². The van der Waals surface area contributed by atoms with Crippen LogP contribution < -0.4 is 4.90 Å². The second kappa shape index (κ2) is 18.6. The van der Waals surface area contributed by atoms with Crippen molar-refractivity contribution in [1.82, 2.24) is 0 Å². The second-order valence-corrected chi connectivity index (χ2v) is 21.2. The smallest absolute Gasteiger partial charge is 0.338 e. The molecule has 0 aromatic heterocycles. The Morgan fingerprint density at radius 2 is 1.40 bits per heavy atom. The monoisotopic (exact) mass is 887 g/mol. The predicted molar refractivity (Wildman–Crippen MR) is 218 cm³/mol. The third kappa shape index (κ3) is 12.5. The van der Waals surface area contributed by atoms with Crippen molar-refractivity contribution in [2.45, 2.75) is 99.2 Å². The molecule has 20 heteroatoms. The molecule has 0 aliphatic carbocycles. The van der Waals surface area contributed by atoms with E-state index in [1.165, 1.54) is 30.3 Å². The summed E-state index contributed by atoms with van der Waals surface area (Å²) in [5.74, 6) is -1.71. The molecule has 0 saturated carbocycles. The molecule has 2 aliphatic rings. The fourth-order valence-electron chi connectivity index (χ4n) is 7.28. The highest BCUT2D eigenvalue weighted by molar-refractivity contribution is 7.87. The molecule has 16 nitrogen and oxygen atoms in total. The Hall–Kier alpha value is -3.92. The first kappa shape index (κ1) is 46.8.